The molecule has 0 aliphatic rings. The Labute approximate surface area is 171 Å². The number of hydrogen-bond acceptors (Lipinski definition) is 6. The molecule has 7 nitrogen and oxygen atoms in total. The van der Waals surface area contributed by atoms with Crippen molar-refractivity contribution in [2.24, 2.45) is 0 Å². The van der Waals surface area contributed by atoms with Gasteiger partial charge in [0.25, 0.3) is 0 Å². The summed E-state index contributed by atoms with van der Waals surface area (Å²) in [6.45, 7) is 4.28. The number of esters is 1. The van der Waals surface area contributed by atoms with E-state index in [0.29, 0.717) is 18.9 Å². The van der Waals surface area contributed by atoms with Crippen LogP contribution >= 0.6 is 0 Å². The molecule has 29 heavy (non-hydrogen) atoms. The van der Waals surface area contributed by atoms with Crippen LogP contribution < -0.4 is 20.1 Å². The zero-order valence-corrected chi connectivity index (χ0v) is 17.1. The van der Waals surface area contributed by atoms with Crippen LogP contribution in [0.5, 0.6) is 11.5 Å². The van der Waals surface area contributed by atoms with Gasteiger partial charge in [0.2, 0.25) is 5.91 Å². The molecular formula is C22H28N2O5. The van der Waals surface area contributed by atoms with Gasteiger partial charge in [0.1, 0.15) is 30.3 Å². The van der Waals surface area contributed by atoms with E-state index in [1.54, 1.807) is 19.1 Å². The van der Waals surface area contributed by atoms with Crippen LogP contribution in [0.25, 0.3) is 0 Å². The minimum Gasteiger partial charge on any atom is -0.492 e. The number of nitrogens with one attached hydrogen (secondary N) is 2. The number of methoxy groups -OCH3 is 1. The molecule has 0 aliphatic heterocycles. The van der Waals surface area contributed by atoms with Gasteiger partial charge >= 0.3 is 5.97 Å². The number of benzene rings is 2. The summed E-state index contributed by atoms with van der Waals surface area (Å²) in [5.74, 6) is 0.618. The lowest BCUT2D eigenvalue weighted by Gasteiger charge is -2.27. The third-order valence-corrected chi connectivity index (χ3v) is 4.23. The number of carbonyl (C=O) groups excluding carboxylic acids is 2. The van der Waals surface area contributed by atoms with Crippen molar-refractivity contribution in [2.45, 2.75) is 19.4 Å². The van der Waals surface area contributed by atoms with E-state index < -0.39 is 11.5 Å². The lowest BCUT2D eigenvalue weighted by Crippen LogP contribution is -2.57. The zero-order chi connectivity index (χ0) is 21.1. The Kier molecular flexibility index (Phi) is 8.48. The largest absolute Gasteiger partial charge is 0.492 e. The van der Waals surface area contributed by atoms with Crippen LogP contribution in [-0.4, -0.2) is 50.8 Å². The van der Waals surface area contributed by atoms with Gasteiger partial charge in [0.15, 0.2) is 0 Å². The molecule has 0 aromatic heterocycles. The number of ether oxygens (including phenoxy) is 3. The SMILES string of the molecule is COC(=O)C(C)(COc1ccccc1)NCC(=O)NCCOc1cccc(C)c1. The molecule has 0 heterocycles. The Bertz CT molecular complexity index is 797. The van der Waals surface area contributed by atoms with Gasteiger partial charge in [-0.05, 0) is 43.7 Å². The first-order chi connectivity index (χ1) is 13.9. The van der Waals surface area contributed by atoms with E-state index in [1.807, 2.05) is 49.4 Å². The van der Waals surface area contributed by atoms with Gasteiger partial charge in [0, 0.05) is 0 Å². The Hall–Kier alpha value is -3.06. The summed E-state index contributed by atoms with van der Waals surface area (Å²) in [4.78, 5) is 24.3. The van der Waals surface area contributed by atoms with E-state index >= 15 is 0 Å². The van der Waals surface area contributed by atoms with Gasteiger partial charge in [-0.2, -0.15) is 0 Å². The molecule has 1 amide bonds. The summed E-state index contributed by atoms with van der Waals surface area (Å²) in [5.41, 5.74) is -0.0597. The van der Waals surface area contributed by atoms with Gasteiger partial charge in [-0.3, -0.25) is 10.1 Å². The minimum atomic E-state index is -1.17. The minimum absolute atomic E-state index is 0.0213. The summed E-state index contributed by atoms with van der Waals surface area (Å²) >= 11 is 0. The van der Waals surface area contributed by atoms with Crippen molar-refractivity contribution in [3.8, 4) is 11.5 Å². The Morgan fingerprint density at radius 3 is 2.41 bits per heavy atom. The fourth-order valence-corrected chi connectivity index (χ4v) is 2.55. The molecule has 0 radical (unpaired) electrons. The van der Waals surface area contributed by atoms with Crippen molar-refractivity contribution in [1.29, 1.82) is 0 Å². The van der Waals surface area contributed by atoms with Crippen molar-refractivity contribution in [1.82, 2.24) is 10.6 Å². The van der Waals surface area contributed by atoms with E-state index in [-0.39, 0.29) is 19.1 Å². The van der Waals surface area contributed by atoms with E-state index in [0.717, 1.165) is 11.3 Å². The molecule has 0 aliphatic carbocycles. The molecule has 0 saturated carbocycles. The smallest absolute Gasteiger partial charge is 0.329 e. The Balaban J connectivity index is 1.76. The average molecular weight is 400 g/mol. The number of aryl methyl sites for hydroxylation is 1. The second-order valence-electron chi connectivity index (χ2n) is 6.79. The molecule has 7 heteroatoms. The first-order valence-corrected chi connectivity index (χ1v) is 9.40. The first kappa shape index (κ1) is 22.2. The molecule has 0 spiro atoms. The molecule has 2 aromatic carbocycles. The van der Waals surface area contributed by atoms with E-state index in [4.69, 9.17) is 14.2 Å². The molecule has 2 rings (SSSR count). The van der Waals surface area contributed by atoms with E-state index in [9.17, 15) is 9.59 Å². The van der Waals surface area contributed by atoms with E-state index in [2.05, 4.69) is 10.6 Å². The van der Waals surface area contributed by atoms with Gasteiger partial charge in [-0.1, -0.05) is 30.3 Å². The first-order valence-electron chi connectivity index (χ1n) is 9.40. The van der Waals surface area contributed by atoms with Gasteiger partial charge in [0.05, 0.1) is 20.2 Å². The van der Waals surface area contributed by atoms with Gasteiger partial charge in [-0.25, -0.2) is 4.79 Å². The fourth-order valence-electron chi connectivity index (χ4n) is 2.55. The van der Waals surface area contributed by atoms with Crippen molar-refractivity contribution in [3.05, 3.63) is 60.2 Å². The van der Waals surface area contributed by atoms with Gasteiger partial charge < -0.3 is 19.5 Å². The Morgan fingerprint density at radius 2 is 1.72 bits per heavy atom. The van der Waals surface area contributed by atoms with Crippen molar-refractivity contribution >= 4 is 11.9 Å². The van der Waals surface area contributed by atoms with Crippen molar-refractivity contribution in [2.75, 3.05) is 33.4 Å². The maximum absolute atomic E-state index is 12.2. The number of carbonyl (C=O) groups is 2. The molecular weight excluding hydrogens is 372 g/mol. The lowest BCUT2D eigenvalue weighted by molar-refractivity contribution is -0.149. The molecule has 2 N–H and O–H groups in total. The molecule has 1 atom stereocenters. The highest BCUT2D eigenvalue weighted by atomic mass is 16.5. The highest BCUT2D eigenvalue weighted by Gasteiger charge is 2.35. The summed E-state index contributed by atoms with van der Waals surface area (Å²) in [7, 11) is 1.30. The molecule has 0 saturated heterocycles. The number of rotatable bonds is 11. The van der Waals surface area contributed by atoms with Crippen molar-refractivity contribution in [3.63, 3.8) is 0 Å². The third kappa shape index (κ3) is 7.46. The van der Waals surface area contributed by atoms with E-state index in [1.165, 1.54) is 7.11 Å². The summed E-state index contributed by atoms with van der Waals surface area (Å²) in [6.07, 6.45) is 0. The van der Waals surface area contributed by atoms with Crippen LogP contribution in [0.2, 0.25) is 0 Å². The summed E-state index contributed by atoms with van der Waals surface area (Å²) < 4.78 is 16.1. The highest BCUT2D eigenvalue weighted by Crippen LogP contribution is 2.14. The second kappa shape index (κ2) is 11.1. The monoisotopic (exact) mass is 400 g/mol. The highest BCUT2D eigenvalue weighted by molar-refractivity contribution is 5.83. The molecule has 2 aromatic rings. The summed E-state index contributed by atoms with van der Waals surface area (Å²) in [5, 5.41) is 5.68. The van der Waals surface area contributed by atoms with Crippen LogP contribution in [0, 0.1) is 6.92 Å². The number of amides is 1. The molecule has 0 fully saturated rings. The fraction of sp³-hybridized carbons (Fsp3) is 0.364. The van der Waals surface area contributed by atoms with Crippen LogP contribution in [-0.2, 0) is 14.3 Å². The normalized spacial score (nSPS) is 12.5. The average Bonchev–Trinajstić information content (AvgIpc) is 2.74. The summed E-state index contributed by atoms with van der Waals surface area (Å²) in [6, 6.07) is 16.8. The zero-order valence-electron chi connectivity index (χ0n) is 17.1. The lowest BCUT2D eigenvalue weighted by atomic mass is 10.0. The van der Waals surface area contributed by atoms with Crippen LogP contribution in [0.4, 0.5) is 0 Å². The quantitative estimate of drug-likeness (QED) is 0.444. The molecule has 0 bridgehead atoms. The molecule has 156 valence electrons. The Morgan fingerprint density at radius 1 is 1.00 bits per heavy atom. The van der Waals surface area contributed by atoms with Crippen molar-refractivity contribution < 1.29 is 23.8 Å². The molecule has 1 unspecified atom stereocenters. The second-order valence-corrected chi connectivity index (χ2v) is 6.79. The van der Waals surface area contributed by atoms with Crippen LogP contribution in [0.15, 0.2) is 54.6 Å². The number of hydrogen-bond donors (Lipinski definition) is 2. The number of para-hydroxylation sites is 1. The van der Waals surface area contributed by atoms with Gasteiger partial charge in [-0.15, -0.1) is 0 Å². The van der Waals surface area contributed by atoms with Crippen LogP contribution in [0.3, 0.4) is 0 Å². The maximum Gasteiger partial charge on any atom is 0.329 e. The topological polar surface area (TPSA) is 85.9 Å². The standard InChI is InChI=1S/C22H28N2O5/c1-17-8-7-11-19(14-17)28-13-12-23-20(25)15-24-22(2,21(26)27-3)16-29-18-9-5-4-6-10-18/h4-11,14,24H,12-13,15-16H2,1-3H3,(H,23,25). The van der Waals surface area contributed by atoms with Crippen LogP contribution in [0.1, 0.15) is 12.5 Å². The predicted octanol–water partition coefficient (Wildman–Crippen LogP) is 2.09. The third-order valence-electron chi connectivity index (χ3n) is 4.23. The maximum atomic E-state index is 12.2. The predicted molar refractivity (Wildman–Crippen MR) is 110 cm³/mol.